The Bertz CT molecular complexity index is 936. The second kappa shape index (κ2) is 10.9. The third-order valence-corrected chi connectivity index (χ3v) is 5.82. The number of aryl methyl sites for hydroxylation is 1. The summed E-state index contributed by atoms with van der Waals surface area (Å²) in [6.45, 7) is 5.40. The first-order valence-corrected chi connectivity index (χ1v) is 11.1. The van der Waals surface area contributed by atoms with Crippen LogP contribution in [-0.4, -0.2) is 48.3 Å². The normalized spacial score (nSPS) is 15.2. The van der Waals surface area contributed by atoms with Gasteiger partial charge in [0.25, 0.3) is 11.8 Å². The molecule has 1 heterocycles. The van der Waals surface area contributed by atoms with Crippen molar-refractivity contribution in [3.05, 3.63) is 71.0 Å². The zero-order valence-corrected chi connectivity index (χ0v) is 18.6. The molecule has 2 aromatic carbocycles. The van der Waals surface area contributed by atoms with Crippen molar-refractivity contribution >= 4 is 17.7 Å². The van der Waals surface area contributed by atoms with Gasteiger partial charge in [-0.05, 0) is 68.5 Å². The molecule has 0 radical (unpaired) electrons. The molecule has 0 unspecified atom stereocenters. The summed E-state index contributed by atoms with van der Waals surface area (Å²) in [5.74, 6) is -1.11. The SMILES string of the molecule is CCCNC(=O)[C@H](NC(=O)c1ccc(C)cc1)C1CCN(C(=O)c2ccc(F)cc2)CC1. The van der Waals surface area contributed by atoms with E-state index < -0.39 is 6.04 Å². The van der Waals surface area contributed by atoms with Crippen LogP contribution in [-0.2, 0) is 4.79 Å². The first-order chi connectivity index (χ1) is 15.4. The third-order valence-electron chi connectivity index (χ3n) is 5.82. The van der Waals surface area contributed by atoms with Crippen molar-refractivity contribution in [1.82, 2.24) is 15.5 Å². The summed E-state index contributed by atoms with van der Waals surface area (Å²) in [6, 6.07) is 12.0. The molecule has 3 amide bonds. The number of halogens is 1. The average molecular weight is 440 g/mol. The Balaban J connectivity index is 1.66. The van der Waals surface area contributed by atoms with Crippen LogP contribution in [0, 0.1) is 18.7 Å². The molecule has 7 heteroatoms. The zero-order valence-electron chi connectivity index (χ0n) is 18.6. The molecule has 0 aromatic heterocycles. The monoisotopic (exact) mass is 439 g/mol. The van der Waals surface area contributed by atoms with Gasteiger partial charge >= 0.3 is 0 Å². The number of carbonyl (C=O) groups is 3. The van der Waals surface area contributed by atoms with E-state index in [0.29, 0.717) is 43.6 Å². The lowest BCUT2D eigenvalue weighted by molar-refractivity contribution is -0.124. The van der Waals surface area contributed by atoms with E-state index in [4.69, 9.17) is 0 Å². The fraction of sp³-hybridized carbons (Fsp3) is 0.400. The van der Waals surface area contributed by atoms with Gasteiger partial charge in [-0.2, -0.15) is 0 Å². The summed E-state index contributed by atoms with van der Waals surface area (Å²) in [6.07, 6.45) is 1.98. The highest BCUT2D eigenvalue weighted by Gasteiger charge is 2.34. The number of benzene rings is 2. The highest BCUT2D eigenvalue weighted by molar-refractivity contribution is 5.97. The Kier molecular flexibility index (Phi) is 7.98. The number of hydrogen-bond acceptors (Lipinski definition) is 3. The number of nitrogens with zero attached hydrogens (tertiary/aromatic N) is 1. The fourth-order valence-electron chi connectivity index (χ4n) is 3.90. The molecule has 2 aromatic rings. The second-order valence-corrected chi connectivity index (χ2v) is 8.24. The Labute approximate surface area is 188 Å². The van der Waals surface area contributed by atoms with E-state index in [2.05, 4.69) is 10.6 Å². The van der Waals surface area contributed by atoms with Crippen molar-refractivity contribution in [3.63, 3.8) is 0 Å². The summed E-state index contributed by atoms with van der Waals surface area (Å²) >= 11 is 0. The van der Waals surface area contributed by atoms with Gasteiger partial charge in [0.05, 0.1) is 0 Å². The van der Waals surface area contributed by atoms with Crippen molar-refractivity contribution in [2.24, 2.45) is 5.92 Å². The van der Waals surface area contributed by atoms with Crippen molar-refractivity contribution < 1.29 is 18.8 Å². The molecule has 3 rings (SSSR count). The molecule has 0 bridgehead atoms. The van der Waals surface area contributed by atoms with Gasteiger partial charge < -0.3 is 15.5 Å². The van der Waals surface area contributed by atoms with Gasteiger partial charge in [-0.3, -0.25) is 14.4 Å². The molecule has 1 aliphatic heterocycles. The Morgan fingerprint density at radius 2 is 1.59 bits per heavy atom. The summed E-state index contributed by atoms with van der Waals surface area (Å²) in [5.41, 5.74) is 2.00. The smallest absolute Gasteiger partial charge is 0.253 e. The summed E-state index contributed by atoms with van der Waals surface area (Å²) in [7, 11) is 0. The van der Waals surface area contributed by atoms with Crippen LogP contribution in [0.1, 0.15) is 52.5 Å². The maximum absolute atomic E-state index is 13.1. The fourth-order valence-corrected chi connectivity index (χ4v) is 3.90. The van der Waals surface area contributed by atoms with E-state index in [-0.39, 0.29) is 29.5 Å². The molecule has 1 atom stereocenters. The predicted molar refractivity (Wildman–Crippen MR) is 121 cm³/mol. The van der Waals surface area contributed by atoms with Crippen molar-refractivity contribution in [1.29, 1.82) is 0 Å². The van der Waals surface area contributed by atoms with Gasteiger partial charge in [-0.15, -0.1) is 0 Å². The highest BCUT2D eigenvalue weighted by atomic mass is 19.1. The van der Waals surface area contributed by atoms with E-state index in [9.17, 15) is 18.8 Å². The summed E-state index contributed by atoms with van der Waals surface area (Å²) in [4.78, 5) is 40.1. The molecule has 6 nitrogen and oxygen atoms in total. The van der Waals surface area contributed by atoms with Gasteiger partial charge in [0.15, 0.2) is 0 Å². The van der Waals surface area contributed by atoms with Gasteiger partial charge in [-0.25, -0.2) is 4.39 Å². The minimum Gasteiger partial charge on any atom is -0.354 e. The molecule has 0 spiro atoms. The molecule has 1 aliphatic rings. The van der Waals surface area contributed by atoms with E-state index in [1.54, 1.807) is 17.0 Å². The molecule has 2 N–H and O–H groups in total. The number of piperidine rings is 1. The van der Waals surface area contributed by atoms with Crippen molar-refractivity contribution in [3.8, 4) is 0 Å². The van der Waals surface area contributed by atoms with E-state index >= 15 is 0 Å². The zero-order chi connectivity index (χ0) is 23.1. The van der Waals surface area contributed by atoms with Crippen LogP contribution in [0.25, 0.3) is 0 Å². The number of rotatable bonds is 7. The molecule has 0 saturated carbocycles. The van der Waals surface area contributed by atoms with Crippen LogP contribution < -0.4 is 10.6 Å². The van der Waals surface area contributed by atoms with Gasteiger partial charge in [-0.1, -0.05) is 24.6 Å². The molecule has 1 fully saturated rings. The summed E-state index contributed by atoms with van der Waals surface area (Å²) in [5, 5.41) is 5.81. The lowest BCUT2D eigenvalue weighted by atomic mass is 9.88. The minimum atomic E-state index is -0.668. The Morgan fingerprint density at radius 3 is 2.19 bits per heavy atom. The van der Waals surface area contributed by atoms with Crippen LogP contribution in [0.15, 0.2) is 48.5 Å². The lowest BCUT2D eigenvalue weighted by Crippen LogP contribution is -2.54. The first-order valence-electron chi connectivity index (χ1n) is 11.1. The highest BCUT2D eigenvalue weighted by Crippen LogP contribution is 2.23. The topological polar surface area (TPSA) is 78.5 Å². The molecular weight excluding hydrogens is 409 g/mol. The number of likely N-dealkylation sites (tertiary alicyclic amines) is 1. The molecular formula is C25H30FN3O3. The second-order valence-electron chi connectivity index (χ2n) is 8.24. The van der Waals surface area contributed by atoms with Crippen LogP contribution in [0.4, 0.5) is 4.39 Å². The van der Waals surface area contributed by atoms with Gasteiger partial charge in [0, 0.05) is 30.8 Å². The van der Waals surface area contributed by atoms with Crippen LogP contribution in [0.2, 0.25) is 0 Å². The summed E-state index contributed by atoms with van der Waals surface area (Å²) < 4.78 is 13.1. The van der Waals surface area contributed by atoms with Gasteiger partial charge in [0.1, 0.15) is 11.9 Å². The molecule has 32 heavy (non-hydrogen) atoms. The Morgan fingerprint density at radius 1 is 1.00 bits per heavy atom. The molecule has 1 saturated heterocycles. The van der Waals surface area contributed by atoms with Gasteiger partial charge in [0.2, 0.25) is 5.91 Å². The first kappa shape index (κ1) is 23.4. The van der Waals surface area contributed by atoms with Crippen molar-refractivity contribution in [2.45, 2.75) is 39.2 Å². The molecule has 170 valence electrons. The predicted octanol–water partition coefficient (Wildman–Crippen LogP) is 3.31. The number of carbonyl (C=O) groups excluding carboxylic acids is 3. The van der Waals surface area contributed by atoms with Crippen molar-refractivity contribution in [2.75, 3.05) is 19.6 Å². The Hall–Kier alpha value is -3.22. The standard InChI is InChI=1S/C25H30FN3O3/c1-3-14-27-24(31)22(28-23(30)19-6-4-17(2)5-7-19)18-12-15-29(16-13-18)25(32)20-8-10-21(26)11-9-20/h4-11,18,22H,3,12-16H2,1-2H3,(H,27,31)(H,28,30)/t22-/m1/s1. The quantitative estimate of drug-likeness (QED) is 0.695. The van der Waals surface area contributed by atoms with E-state index in [1.807, 2.05) is 26.0 Å². The number of hydrogen-bond donors (Lipinski definition) is 2. The van der Waals surface area contributed by atoms with E-state index in [1.165, 1.54) is 24.3 Å². The largest absolute Gasteiger partial charge is 0.354 e. The van der Waals surface area contributed by atoms with Crippen LogP contribution >= 0.6 is 0 Å². The maximum atomic E-state index is 13.1. The van der Waals surface area contributed by atoms with E-state index in [0.717, 1.165) is 12.0 Å². The molecule has 0 aliphatic carbocycles. The average Bonchev–Trinajstić information content (AvgIpc) is 2.81. The number of nitrogens with one attached hydrogen (secondary N) is 2. The lowest BCUT2D eigenvalue weighted by Gasteiger charge is -2.36. The maximum Gasteiger partial charge on any atom is 0.253 e. The van der Waals surface area contributed by atoms with Crippen LogP contribution in [0.5, 0.6) is 0 Å². The van der Waals surface area contributed by atoms with Crippen LogP contribution in [0.3, 0.4) is 0 Å². The third kappa shape index (κ3) is 5.93. The minimum absolute atomic E-state index is 0.0847. The number of amides is 3.